The molecule has 0 aliphatic heterocycles. The van der Waals surface area contributed by atoms with Gasteiger partial charge < -0.3 is 16.0 Å². The summed E-state index contributed by atoms with van der Waals surface area (Å²) >= 11 is 6.19. The predicted molar refractivity (Wildman–Crippen MR) is 86.5 cm³/mol. The highest BCUT2D eigenvalue weighted by molar-refractivity contribution is 6.34. The van der Waals surface area contributed by atoms with Crippen molar-refractivity contribution in [1.29, 1.82) is 0 Å². The molecule has 112 valence electrons. The van der Waals surface area contributed by atoms with E-state index >= 15 is 0 Å². The maximum absolute atomic E-state index is 12.5. The minimum atomic E-state index is -0.709. The average molecular weight is 298 g/mol. The van der Waals surface area contributed by atoms with Gasteiger partial charge in [0.2, 0.25) is 5.91 Å². The summed E-state index contributed by atoms with van der Waals surface area (Å²) in [5, 5.41) is 3.53. The lowest BCUT2D eigenvalue weighted by atomic mass is 9.74. The molecular weight excluding hydrogens is 274 g/mol. The van der Waals surface area contributed by atoms with Crippen LogP contribution in [-0.2, 0) is 4.79 Å². The van der Waals surface area contributed by atoms with Crippen LogP contribution in [0.3, 0.4) is 0 Å². The summed E-state index contributed by atoms with van der Waals surface area (Å²) in [5.74, 6) is -0.129. The molecule has 0 spiro atoms. The highest BCUT2D eigenvalue weighted by Crippen LogP contribution is 2.35. The third-order valence-electron chi connectivity index (χ3n) is 3.86. The van der Waals surface area contributed by atoms with Crippen LogP contribution in [0.25, 0.3) is 0 Å². The molecule has 0 unspecified atom stereocenters. The van der Waals surface area contributed by atoms with Gasteiger partial charge in [0.15, 0.2) is 0 Å². The smallest absolute Gasteiger partial charge is 0.231 e. The summed E-state index contributed by atoms with van der Waals surface area (Å²) in [5.41, 5.74) is 6.23. The average Bonchev–Trinajstić information content (AvgIpc) is 2.26. The Morgan fingerprint density at radius 1 is 1.25 bits per heavy atom. The fraction of sp³-hybridized carbons (Fsp3) is 0.533. The highest BCUT2D eigenvalue weighted by Gasteiger charge is 2.40. The molecule has 0 saturated heterocycles. The second-order valence-electron chi connectivity index (χ2n) is 6.33. The Labute approximate surface area is 126 Å². The quantitative estimate of drug-likeness (QED) is 0.898. The molecule has 1 aromatic rings. The number of nitrogens with one attached hydrogen (secondary N) is 1. The first-order valence-electron chi connectivity index (χ1n) is 6.54. The molecule has 0 atom stereocenters. The molecule has 20 heavy (non-hydrogen) atoms. The van der Waals surface area contributed by atoms with E-state index in [0.29, 0.717) is 10.7 Å². The Balaban J connectivity index is 3.12. The fourth-order valence-electron chi connectivity index (χ4n) is 1.64. The molecule has 1 amide bonds. The topological polar surface area (TPSA) is 58.4 Å². The van der Waals surface area contributed by atoms with Crippen molar-refractivity contribution in [2.75, 3.05) is 24.3 Å². The summed E-state index contributed by atoms with van der Waals surface area (Å²) in [7, 11) is 3.77. The van der Waals surface area contributed by atoms with Crippen molar-refractivity contribution < 1.29 is 4.79 Å². The van der Waals surface area contributed by atoms with Crippen molar-refractivity contribution in [3.8, 4) is 0 Å². The molecule has 0 radical (unpaired) electrons. The van der Waals surface area contributed by atoms with Gasteiger partial charge in [-0.1, -0.05) is 17.7 Å². The van der Waals surface area contributed by atoms with Crippen molar-refractivity contribution in [3.63, 3.8) is 0 Å². The maximum Gasteiger partial charge on any atom is 0.231 e. The van der Waals surface area contributed by atoms with E-state index in [0.717, 1.165) is 5.69 Å². The summed E-state index contributed by atoms with van der Waals surface area (Å²) < 4.78 is 0. The van der Waals surface area contributed by atoms with Crippen LogP contribution in [0.4, 0.5) is 11.4 Å². The zero-order valence-electron chi connectivity index (χ0n) is 13.0. The van der Waals surface area contributed by atoms with Gasteiger partial charge in [-0.05, 0) is 39.8 Å². The van der Waals surface area contributed by atoms with E-state index in [1.807, 2.05) is 58.8 Å². The number of hydrogen-bond acceptors (Lipinski definition) is 3. The van der Waals surface area contributed by atoms with Gasteiger partial charge in [0.05, 0.1) is 21.8 Å². The zero-order chi connectivity index (χ0) is 15.7. The van der Waals surface area contributed by atoms with Crippen molar-refractivity contribution in [2.45, 2.75) is 33.2 Å². The van der Waals surface area contributed by atoms with Gasteiger partial charge in [0.1, 0.15) is 0 Å². The number of rotatable bonds is 4. The maximum atomic E-state index is 12.5. The van der Waals surface area contributed by atoms with Crippen LogP contribution in [0, 0.1) is 5.41 Å². The third-order valence-corrected chi connectivity index (χ3v) is 4.17. The van der Waals surface area contributed by atoms with Crippen LogP contribution in [-0.4, -0.2) is 25.5 Å². The number of benzene rings is 1. The molecule has 0 bridgehead atoms. The van der Waals surface area contributed by atoms with Crippen molar-refractivity contribution >= 4 is 28.9 Å². The highest BCUT2D eigenvalue weighted by atomic mass is 35.5. The van der Waals surface area contributed by atoms with Crippen LogP contribution in [0.2, 0.25) is 5.02 Å². The first-order chi connectivity index (χ1) is 8.98. The van der Waals surface area contributed by atoms with Crippen LogP contribution in [0.1, 0.15) is 27.7 Å². The van der Waals surface area contributed by atoms with E-state index in [9.17, 15) is 4.79 Å². The van der Waals surface area contributed by atoms with E-state index in [2.05, 4.69) is 5.32 Å². The van der Waals surface area contributed by atoms with Crippen molar-refractivity contribution in [3.05, 3.63) is 23.2 Å². The number of para-hydroxylation sites is 1. The standard InChI is InChI=1S/C15H24ClN3O/c1-14(2,15(3,4)17)13(20)18-11-9-7-8-10(16)12(11)19(5)6/h7-9H,17H2,1-6H3,(H,18,20). The Hall–Kier alpha value is -1.26. The minimum Gasteiger partial charge on any atom is -0.375 e. The van der Waals surface area contributed by atoms with Crippen LogP contribution in [0.15, 0.2) is 18.2 Å². The fourth-order valence-corrected chi connectivity index (χ4v) is 1.99. The molecule has 0 aromatic heterocycles. The molecule has 0 saturated carbocycles. The van der Waals surface area contributed by atoms with Crippen molar-refractivity contribution in [1.82, 2.24) is 0 Å². The van der Waals surface area contributed by atoms with E-state index in [-0.39, 0.29) is 5.91 Å². The molecule has 0 fully saturated rings. The second-order valence-corrected chi connectivity index (χ2v) is 6.74. The van der Waals surface area contributed by atoms with Gasteiger partial charge in [-0.3, -0.25) is 4.79 Å². The number of amides is 1. The van der Waals surface area contributed by atoms with Gasteiger partial charge in [-0.2, -0.15) is 0 Å². The molecule has 0 aliphatic carbocycles. The SMILES string of the molecule is CN(C)c1c(Cl)cccc1NC(=O)C(C)(C)C(C)(C)N. The lowest BCUT2D eigenvalue weighted by molar-refractivity contribution is -0.126. The van der Waals surface area contributed by atoms with Gasteiger partial charge >= 0.3 is 0 Å². The number of carbonyl (C=O) groups excluding carboxylic acids is 1. The number of halogens is 1. The summed E-state index contributed by atoms with van der Waals surface area (Å²) in [6.07, 6.45) is 0. The minimum absolute atomic E-state index is 0.129. The van der Waals surface area contributed by atoms with Gasteiger partial charge in [0.25, 0.3) is 0 Å². The number of carbonyl (C=O) groups is 1. The molecule has 1 aromatic carbocycles. The predicted octanol–water partition coefficient (Wildman–Crippen LogP) is 3.11. The number of hydrogen-bond donors (Lipinski definition) is 2. The summed E-state index contributed by atoms with van der Waals surface area (Å²) in [4.78, 5) is 14.4. The first-order valence-corrected chi connectivity index (χ1v) is 6.92. The van der Waals surface area contributed by atoms with E-state index < -0.39 is 11.0 Å². The summed E-state index contributed by atoms with van der Waals surface area (Å²) in [6.45, 7) is 7.36. The lowest BCUT2D eigenvalue weighted by Crippen LogP contribution is -2.53. The van der Waals surface area contributed by atoms with Crippen molar-refractivity contribution in [2.24, 2.45) is 11.1 Å². The third kappa shape index (κ3) is 3.25. The lowest BCUT2D eigenvalue weighted by Gasteiger charge is -2.37. The largest absolute Gasteiger partial charge is 0.375 e. The van der Waals surface area contributed by atoms with Crippen LogP contribution < -0.4 is 16.0 Å². The first kappa shape index (κ1) is 16.8. The number of anilines is 2. The Morgan fingerprint density at radius 3 is 2.25 bits per heavy atom. The molecule has 0 aliphatic rings. The molecule has 1 rings (SSSR count). The number of nitrogens with zero attached hydrogens (tertiary/aromatic N) is 1. The Kier molecular flexibility index (Phi) is 4.72. The molecule has 0 heterocycles. The van der Waals surface area contributed by atoms with Crippen LogP contribution >= 0.6 is 11.6 Å². The second kappa shape index (κ2) is 5.62. The summed E-state index contributed by atoms with van der Waals surface area (Å²) in [6, 6.07) is 5.44. The Bertz CT molecular complexity index is 504. The molecule has 5 heteroatoms. The molecule has 3 N–H and O–H groups in total. The number of nitrogens with two attached hydrogens (primary N) is 1. The monoisotopic (exact) mass is 297 g/mol. The van der Waals surface area contributed by atoms with E-state index in [4.69, 9.17) is 17.3 Å². The van der Waals surface area contributed by atoms with Gasteiger partial charge in [-0.25, -0.2) is 0 Å². The molecular formula is C15H24ClN3O. The van der Waals surface area contributed by atoms with Crippen LogP contribution in [0.5, 0.6) is 0 Å². The van der Waals surface area contributed by atoms with Gasteiger partial charge in [-0.15, -0.1) is 0 Å². The van der Waals surface area contributed by atoms with E-state index in [1.165, 1.54) is 0 Å². The molecule has 4 nitrogen and oxygen atoms in total. The Morgan fingerprint density at radius 2 is 1.80 bits per heavy atom. The normalized spacial score (nSPS) is 12.2. The zero-order valence-corrected chi connectivity index (χ0v) is 13.8. The van der Waals surface area contributed by atoms with E-state index in [1.54, 1.807) is 6.07 Å². The van der Waals surface area contributed by atoms with Gasteiger partial charge in [0, 0.05) is 19.6 Å².